The molecule has 6 rings (SSSR count). The van der Waals surface area contributed by atoms with E-state index in [2.05, 4.69) is 91.7 Å². The molecule has 1 nitrogen and oxygen atoms in total. The van der Waals surface area contributed by atoms with E-state index in [1.54, 1.807) is 0 Å². The van der Waals surface area contributed by atoms with Crippen LogP contribution in [0.25, 0.3) is 43.8 Å². The van der Waals surface area contributed by atoms with E-state index in [9.17, 15) is 0 Å². The Morgan fingerprint density at radius 2 is 1.83 bits per heavy atom. The molecule has 1 heterocycles. The molecule has 2 aliphatic carbocycles. The van der Waals surface area contributed by atoms with Gasteiger partial charge in [-0.25, -0.2) is 4.98 Å². The summed E-state index contributed by atoms with van der Waals surface area (Å²) in [5, 5.41) is 5.25. The van der Waals surface area contributed by atoms with Gasteiger partial charge in [0.1, 0.15) is 0 Å². The van der Waals surface area contributed by atoms with Gasteiger partial charge in [0.15, 0.2) is 4.47 Å². The highest BCUT2D eigenvalue weighted by Crippen LogP contribution is 2.40. The molecule has 1 aromatic heterocycles. The largest absolute Gasteiger partial charge is 0.225 e. The lowest BCUT2D eigenvalue weighted by Gasteiger charge is -2.26. The number of hydrogen-bond donors (Lipinski definition) is 0. The third kappa shape index (κ3) is 2.49. The first-order chi connectivity index (χ1) is 14.0. The smallest absolute Gasteiger partial charge is 0.184 e. The Labute approximate surface area is 178 Å². The maximum absolute atomic E-state index is 6.15. The van der Waals surface area contributed by atoms with E-state index >= 15 is 0 Å². The van der Waals surface area contributed by atoms with Crippen molar-refractivity contribution in [1.82, 2.24) is 4.98 Å². The summed E-state index contributed by atoms with van der Waals surface area (Å²) < 4.78 is 1.71. The molecule has 0 spiro atoms. The molecule has 0 N–H and O–H groups in total. The van der Waals surface area contributed by atoms with Gasteiger partial charge in [-0.15, -0.1) is 11.3 Å². The average molecular weight is 412 g/mol. The van der Waals surface area contributed by atoms with Crippen molar-refractivity contribution in [3.05, 3.63) is 87.2 Å². The van der Waals surface area contributed by atoms with Gasteiger partial charge in [-0.1, -0.05) is 74.0 Å². The molecule has 0 atom stereocenters. The molecule has 0 saturated heterocycles. The van der Waals surface area contributed by atoms with Crippen LogP contribution in [0, 0.1) is 5.41 Å². The topological polar surface area (TPSA) is 12.9 Å². The van der Waals surface area contributed by atoms with Crippen LogP contribution < -0.4 is 10.4 Å². The van der Waals surface area contributed by atoms with E-state index in [0.717, 1.165) is 10.2 Å². The number of benzene rings is 3. The van der Waals surface area contributed by atoms with Gasteiger partial charge in [-0.3, -0.25) is 0 Å². The van der Waals surface area contributed by atoms with E-state index in [1.165, 1.54) is 54.8 Å². The second-order valence-electron chi connectivity index (χ2n) is 8.30. The summed E-state index contributed by atoms with van der Waals surface area (Å²) in [5.74, 6) is 0. The maximum atomic E-state index is 6.15. The molecule has 0 saturated carbocycles. The van der Waals surface area contributed by atoms with Crippen LogP contribution in [0.5, 0.6) is 0 Å². The zero-order valence-electron chi connectivity index (χ0n) is 16.2. The second-order valence-corrected chi connectivity index (χ2v) is 9.92. The number of allylic oxidation sites excluding steroid dienone is 4. The summed E-state index contributed by atoms with van der Waals surface area (Å²) in [7, 11) is 0. The quantitative estimate of drug-likeness (QED) is 0.361. The van der Waals surface area contributed by atoms with E-state index in [0.29, 0.717) is 4.47 Å². The fraction of sp³-hybridized carbons (Fsp3) is 0.115. The van der Waals surface area contributed by atoms with Gasteiger partial charge in [0.25, 0.3) is 0 Å². The van der Waals surface area contributed by atoms with Crippen LogP contribution in [0.3, 0.4) is 0 Å². The molecule has 140 valence electrons. The molecule has 0 unspecified atom stereocenters. The molecule has 29 heavy (non-hydrogen) atoms. The number of rotatable bonds is 1. The number of aromatic nitrogens is 1. The Hall–Kier alpha value is -2.68. The van der Waals surface area contributed by atoms with Crippen LogP contribution in [0.4, 0.5) is 0 Å². The Bertz CT molecular complexity index is 1530. The highest BCUT2D eigenvalue weighted by molar-refractivity contribution is 7.22. The van der Waals surface area contributed by atoms with Gasteiger partial charge in [-0.05, 0) is 67.8 Å². The Kier molecular flexibility index (Phi) is 3.51. The lowest BCUT2D eigenvalue weighted by atomic mass is 9.77. The highest BCUT2D eigenvalue weighted by Gasteiger charge is 2.28. The number of halogens is 1. The second kappa shape index (κ2) is 5.91. The molecule has 0 aliphatic heterocycles. The molecular formula is C26H18ClNS. The van der Waals surface area contributed by atoms with Crippen molar-refractivity contribution < 1.29 is 0 Å². The van der Waals surface area contributed by atoms with Gasteiger partial charge >= 0.3 is 0 Å². The summed E-state index contributed by atoms with van der Waals surface area (Å²) in [5.41, 5.74) is 6.15. The maximum Gasteiger partial charge on any atom is 0.184 e. The zero-order valence-corrected chi connectivity index (χ0v) is 17.7. The zero-order chi connectivity index (χ0) is 19.8. The predicted octanol–water partition coefficient (Wildman–Crippen LogP) is 6.24. The van der Waals surface area contributed by atoms with Crippen molar-refractivity contribution in [2.24, 2.45) is 5.41 Å². The summed E-state index contributed by atoms with van der Waals surface area (Å²) in [6, 6.07) is 17.6. The van der Waals surface area contributed by atoms with Gasteiger partial charge in [0.2, 0.25) is 0 Å². The minimum atomic E-state index is 0.0119. The minimum absolute atomic E-state index is 0.0119. The molecule has 0 amide bonds. The van der Waals surface area contributed by atoms with Crippen LogP contribution >= 0.6 is 22.9 Å². The number of thiazole rings is 1. The molecule has 3 aromatic carbocycles. The van der Waals surface area contributed by atoms with Gasteiger partial charge in [0, 0.05) is 5.41 Å². The van der Waals surface area contributed by atoms with E-state index in [1.807, 2.05) is 0 Å². The fourth-order valence-electron chi connectivity index (χ4n) is 4.78. The summed E-state index contributed by atoms with van der Waals surface area (Å²) in [6.07, 6.45) is 9.07. The highest BCUT2D eigenvalue weighted by atomic mass is 35.5. The van der Waals surface area contributed by atoms with Gasteiger partial charge in [-0.2, -0.15) is 0 Å². The number of hydrogen-bond acceptors (Lipinski definition) is 2. The van der Waals surface area contributed by atoms with Crippen molar-refractivity contribution in [3.8, 4) is 11.1 Å². The van der Waals surface area contributed by atoms with Gasteiger partial charge < -0.3 is 0 Å². The Morgan fingerprint density at radius 3 is 2.69 bits per heavy atom. The van der Waals surface area contributed by atoms with Crippen molar-refractivity contribution in [2.45, 2.75) is 13.8 Å². The lowest BCUT2D eigenvalue weighted by molar-refractivity contribution is 0.644. The molecule has 0 bridgehead atoms. The van der Waals surface area contributed by atoms with Crippen LogP contribution in [-0.4, -0.2) is 4.98 Å². The third-order valence-corrected chi connectivity index (χ3v) is 7.19. The summed E-state index contributed by atoms with van der Waals surface area (Å²) in [6.45, 7) is 4.60. The first-order valence-corrected chi connectivity index (χ1v) is 11.0. The van der Waals surface area contributed by atoms with E-state index < -0.39 is 0 Å². The lowest BCUT2D eigenvalue weighted by Crippen LogP contribution is -2.28. The van der Waals surface area contributed by atoms with E-state index in [-0.39, 0.29) is 5.41 Å². The molecular weight excluding hydrogens is 394 g/mol. The molecule has 2 aliphatic rings. The van der Waals surface area contributed by atoms with Crippen LogP contribution in [0.15, 0.2) is 72.3 Å². The van der Waals surface area contributed by atoms with Crippen LogP contribution in [0.1, 0.15) is 13.8 Å². The van der Waals surface area contributed by atoms with Crippen molar-refractivity contribution in [1.29, 1.82) is 0 Å². The van der Waals surface area contributed by atoms with Crippen LogP contribution in [-0.2, 0) is 0 Å². The Balaban J connectivity index is 1.76. The molecule has 0 fully saturated rings. The predicted molar refractivity (Wildman–Crippen MR) is 126 cm³/mol. The number of fused-ring (bicyclic) bond motifs is 5. The fourth-order valence-corrected chi connectivity index (χ4v) is 5.79. The molecule has 4 aromatic rings. The first kappa shape index (κ1) is 17.2. The van der Waals surface area contributed by atoms with Crippen molar-refractivity contribution in [2.75, 3.05) is 0 Å². The van der Waals surface area contributed by atoms with Crippen molar-refractivity contribution >= 4 is 55.6 Å². The van der Waals surface area contributed by atoms with Crippen molar-refractivity contribution in [3.63, 3.8) is 0 Å². The first-order valence-electron chi connectivity index (χ1n) is 9.76. The third-order valence-electron chi connectivity index (χ3n) is 6.05. The summed E-state index contributed by atoms with van der Waals surface area (Å²) in [4.78, 5) is 4.49. The SMILES string of the molecule is CC1(C)C=CC=C2C=c3c(cc(-c4ccc5sc(Cl)nc5c4)c4ccccc34)=C21. The monoisotopic (exact) mass is 411 g/mol. The number of nitrogens with zero attached hydrogens (tertiary/aromatic N) is 1. The molecule has 0 radical (unpaired) electrons. The minimum Gasteiger partial charge on any atom is -0.225 e. The van der Waals surface area contributed by atoms with Gasteiger partial charge in [0.05, 0.1) is 10.2 Å². The average Bonchev–Trinajstić information content (AvgIpc) is 3.26. The summed E-state index contributed by atoms with van der Waals surface area (Å²) >= 11 is 7.67. The van der Waals surface area contributed by atoms with Crippen LogP contribution in [0.2, 0.25) is 4.47 Å². The standard InChI is InChI=1S/C26H18ClNS/c1-26(2)11-5-6-16-12-20-18-8-4-3-7-17(18)19(14-21(20)24(16)26)15-9-10-23-22(13-15)28-25(27)29-23/h3-14H,1-2H3. The van der Waals surface area contributed by atoms with E-state index in [4.69, 9.17) is 11.6 Å². The molecule has 3 heteroatoms. The normalized spacial score (nSPS) is 16.7. The Morgan fingerprint density at radius 1 is 1.00 bits per heavy atom.